The molecule has 2 heterocycles. The number of carbonyl (C=O) groups excluding carboxylic acids is 1. The molecule has 5 atom stereocenters. The fraction of sp³-hybridized carbons (Fsp3) is 0.559. The maximum Gasteiger partial charge on any atom is 0.264 e. The van der Waals surface area contributed by atoms with E-state index in [-0.39, 0.29) is 23.2 Å². The Kier molecular flexibility index (Phi) is 9.30. The van der Waals surface area contributed by atoms with E-state index in [1.165, 1.54) is 11.1 Å². The number of sulfonamides is 1. The number of benzene rings is 2. The summed E-state index contributed by atoms with van der Waals surface area (Å²) in [5, 5.41) is 0.744. The Bertz CT molecular complexity index is 1510. The van der Waals surface area contributed by atoms with Crippen molar-refractivity contribution in [2.24, 2.45) is 17.8 Å². The highest BCUT2D eigenvalue weighted by atomic mass is 35.5. The molecule has 2 aliphatic carbocycles. The maximum absolute atomic E-state index is 13.3. The van der Waals surface area contributed by atoms with E-state index in [9.17, 15) is 13.2 Å². The number of hydrogen-bond donors (Lipinski definition) is 1. The van der Waals surface area contributed by atoms with Crippen molar-refractivity contribution < 1.29 is 27.4 Å². The minimum absolute atomic E-state index is 0.0825. The van der Waals surface area contributed by atoms with Crippen LogP contribution in [-0.4, -0.2) is 66.2 Å². The number of halogens is 1. The van der Waals surface area contributed by atoms with Gasteiger partial charge in [-0.05, 0) is 97.7 Å². The van der Waals surface area contributed by atoms with E-state index in [0.717, 1.165) is 55.9 Å². The lowest BCUT2D eigenvalue weighted by Crippen LogP contribution is -2.49. The third kappa shape index (κ3) is 6.66. The van der Waals surface area contributed by atoms with Gasteiger partial charge in [0, 0.05) is 36.2 Å². The minimum atomic E-state index is -3.83. The number of carbonyl (C=O) groups is 1. The standard InChI is InChI=1S/C34H43ClN2O6S/c1-23-5-3-7-31(42-16-15-41-2)28-11-8-26(28)19-37-21-34(14-4-6-24-17-27(35)10-12-29(24)34)22-43-32-13-9-25(18-30(32)37)33(38)36-44(39,40)20-23/h3,7,9-10,12-13,17-18,23,26,28,31H,4-6,8,11,14-16,19-22H2,1-2H3,(H,36,38)/b7-3+/t23-,26?,28?,31+,34+/m1/s1. The van der Waals surface area contributed by atoms with E-state index in [1.54, 1.807) is 19.2 Å². The number of rotatable bonds is 4. The molecule has 238 valence electrons. The van der Waals surface area contributed by atoms with Crippen molar-refractivity contribution in [2.75, 3.05) is 50.7 Å². The Balaban J connectivity index is 1.40. The molecule has 1 saturated carbocycles. The lowest BCUT2D eigenvalue weighted by atomic mass is 9.68. The van der Waals surface area contributed by atoms with Crippen LogP contribution in [0.4, 0.5) is 5.69 Å². The summed E-state index contributed by atoms with van der Waals surface area (Å²) in [6, 6.07) is 11.5. The van der Waals surface area contributed by atoms with E-state index in [4.69, 9.17) is 25.8 Å². The number of aryl methyl sites for hydroxylation is 1. The van der Waals surface area contributed by atoms with Gasteiger partial charge in [0.1, 0.15) is 5.75 Å². The molecule has 1 N–H and O–H groups in total. The van der Waals surface area contributed by atoms with Crippen LogP contribution in [0.5, 0.6) is 5.75 Å². The molecule has 6 rings (SSSR count). The molecule has 2 unspecified atom stereocenters. The van der Waals surface area contributed by atoms with Gasteiger partial charge in [-0.2, -0.15) is 0 Å². The second kappa shape index (κ2) is 13.0. The van der Waals surface area contributed by atoms with E-state index >= 15 is 0 Å². The summed E-state index contributed by atoms with van der Waals surface area (Å²) in [6.45, 7) is 4.92. The number of amides is 1. The van der Waals surface area contributed by atoms with Gasteiger partial charge in [-0.1, -0.05) is 36.7 Å². The lowest BCUT2D eigenvalue weighted by Gasteiger charge is -2.46. The number of fused-ring (bicyclic) bond motifs is 4. The van der Waals surface area contributed by atoms with Crippen molar-refractivity contribution >= 4 is 33.2 Å². The van der Waals surface area contributed by atoms with Crippen LogP contribution in [0.2, 0.25) is 5.02 Å². The summed E-state index contributed by atoms with van der Waals surface area (Å²) < 4.78 is 46.5. The van der Waals surface area contributed by atoms with Gasteiger partial charge in [0.2, 0.25) is 10.0 Å². The summed E-state index contributed by atoms with van der Waals surface area (Å²) in [6.07, 6.45) is 9.80. The van der Waals surface area contributed by atoms with Crippen LogP contribution < -0.4 is 14.4 Å². The molecule has 4 aliphatic rings. The third-order valence-corrected chi connectivity index (χ3v) is 11.6. The zero-order valence-corrected chi connectivity index (χ0v) is 27.2. The smallest absolute Gasteiger partial charge is 0.264 e. The molecule has 2 bridgehead atoms. The molecule has 1 fully saturated rings. The summed E-state index contributed by atoms with van der Waals surface area (Å²) in [5.74, 6) is 0.486. The van der Waals surface area contributed by atoms with Crippen molar-refractivity contribution in [3.63, 3.8) is 0 Å². The molecule has 0 aromatic heterocycles. The Labute approximate surface area is 266 Å². The zero-order valence-electron chi connectivity index (χ0n) is 25.6. The van der Waals surface area contributed by atoms with E-state index in [0.29, 0.717) is 49.4 Å². The van der Waals surface area contributed by atoms with Gasteiger partial charge in [-0.25, -0.2) is 13.1 Å². The van der Waals surface area contributed by atoms with Crippen LogP contribution in [0.15, 0.2) is 48.6 Å². The third-order valence-electron chi connectivity index (χ3n) is 9.87. The van der Waals surface area contributed by atoms with Crippen LogP contribution >= 0.6 is 11.6 Å². The van der Waals surface area contributed by atoms with Crippen LogP contribution in [0, 0.1) is 17.8 Å². The van der Waals surface area contributed by atoms with Gasteiger partial charge in [-0.3, -0.25) is 4.79 Å². The number of hydrogen-bond acceptors (Lipinski definition) is 7. The normalized spacial score (nSPS) is 30.6. The second-order valence-corrected chi connectivity index (χ2v) is 15.3. The first-order valence-electron chi connectivity index (χ1n) is 15.8. The SMILES string of the molecule is COCCO[C@H]1/C=C/C[C@@H](C)CS(=O)(=O)NC(=O)c2ccc3c(c2)N(CC2CCC21)C[C@@]1(CCCc2cc(Cl)ccc21)CO3. The monoisotopic (exact) mass is 642 g/mol. The van der Waals surface area contributed by atoms with Gasteiger partial charge in [-0.15, -0.1) is 0 Å². The number of nitrogens with zero attached hydrogens (tertiary/aromatic N) is 1. The number of ether oxygens (including phenoxy) is 3. The largest absolute Gasteiger partial charge is 0.490 e. The first-order valence-corrected chi connectivity index (χ1v) is 17.8. The highest BCUT2D eigenvalue weighted by Crippen LogP contribution is 2.47. The minimum Gasteiger partial charge on any atom is -0.490 e. The summed E-state index contributed by atoms with van der Waals surface area (Å²) in [5.41, 5.74) is 3.43. The highest BCUT2D eigenvalue weighted by molar-refractivity contribution is 7.90. The fourth-order valence-electron chi connectivity index (χ4n) is 7.51. The predicted octanol–water partition coefficient (Wildman–Crippen LogP) is 5.53. The summed E-state index contributed by atoms with van der Waals surface area (Å²) >= 11 is 6.42. The molecule has 44 heavy (non-hydrogen) atoms. The van der Waals surface area contributed by atoms with Crippen LogP contribution in [-0.2, 0) is 31.3 Å². The van der Waals surface area contributed by atoms with Crippen molar-refractivity contribution in [3.05, 3.63) is 70.3 Å². The Morgan fingerprint density at radius 2 is 2.02 bits per heavy atom. The number of methoxy groups -OCH3 is 1. The predicted molar refractivity (Wildman–Crippen MR) is 172 cm³/mol. The Hall–Kier alpha value is -2.59. The van der Waals surface area contributed by atoms with Gasteiger partial charge in [0.25, 0.3) is 5.91 Å². The summed E-state index contributed by atoms with van der Waals surface area (Å²) in [4.78, 5) is 15.7. The molecule has 0 saturated heterocycles. The first kappa shape index (κ1) is 31.4. The second-order valence-electron chi connectivity index (χ2n) is 13.1. The van der Waals surface area contributed by atoms with Gasteiger partial charge >= 0.3 is 0 Å². The lowest BCUT2D eigenvalue weighted by molar-refractivity contribution is -0.0309. The molecular formula is C34H43ClN2O6S. The van der Waals surface area contributed by atoms with Crippen LogP contribution in [0.3, 0.4) is 0 Å². The van der Waals surface area contributed by atoms with Crippen molar-refractivity contribution in [2.45, 2.75) is 57.0 Å². The Morgan fingerprint density at radius 3 is 2.82 bits per heavy atom. The van der Waals surface area contributed by atoms with Gasteiger partial charge in [0.15, 0.2) is 0 Å². The van der Waals surface area contributed by atoms with Crippen molar-refractivity contribution in [1.82, 2.24) is 4.72 Å². The zero-order chi connectivity index (χ0) is 30.9. The molecule has 1 spiro atoms. The molecule has 2 aromatic carbocycles. The van der Waals surface area contributed by atoms with Gasteiger partial charge < -0.3 is 19.1 Å². The Morgan fingerprint density at radius 1 is 1.16 bits per heavy atom. The molecule has 8 nitrogen and oxygen atoms in total. The highest BCUT2D eigenvalue weighted by Gasteiger charge is 2.44. The number of nitrogens with one attached hydrogen (secondary N) is 1. The van der Waals surface area contributed by atoms with Crippen LogP contribution in [0.25, 0.3) is 0 Å². The molecule has 10 heteroatoms. The van der Waals surface area contributed by atoms with Crippen molar-refractivity contribution in [3.8, 4) is 5.75 Å². The van der Waals surface area contributed by atoms with Crippen molar-refractivity contribution in [1.29, 1.82) is 0 Å². The molecule has 2 aliphatic heterocycles. The average molecular weight is 643 g/mol. The van der Waals surface area contributed by atoms with Gasteiger partial charge in [0.05, 0.1) is 37.4 Å². The van der Waals surface area contributed by atoms with E-state index in [2.05, 4.69) is 27.8 Å². The van der Waals surface area contributed by atoms with E-state index < -0.39 is 15.9 Å². The molecule has 1 amide bonds. The molecule has 0 radical (unpaired) electrons. The quantitative estimate of drug-likeness (QED) is 0.346. The molecular weight excluding hydrogens is 600 g/mol. The summed E-state index contributed by atoms with van der Waals surface area (Å²) in [7, 11) is -2.16. The average Bonchev–Trinajstić information content (AvgIpc) is 3.11. The number of allylic oxidation sites excluding steroid dienone is 1. The van der Waals surface area contributed by atoms with E-state index in [1.807, 2.05) is 25.1 Å². The fourth-order valence-corrected chi connectivity index (χ4v) is 9.07. The first-order chi connectivity index (χ1) is 21.2. The van der Waals surface area contributed by atoms with Crippen LogP contribution in [0.1, 0.15) is 60.5 Å². The molecule has 2 aromatic rings. The maximum atomic E-state index is 13.3. The number of anilines is 1. The topological polar surface area (TPSA) is 94.2 Å².